The Labute approximate surface area is 113 Å². The Morgan fingerprint density at radius 3 is 2.79 bits per heavy atom. The molecular weight excluding hydrogens is 238 g/mol. The molecule has 2 aliphatic rings. The van der Waals surface area contributed by atoms with Gasteiger partial charge in [-0.2, -0.15) is 0 Å². The highest BCUT2D eigenvalue weighted by Crippen LogP contribution is 2.23. The number of nitrogens with one attached hydrogen (secondary N) is 1. The molecule has 1 N–H and O–H groups in total. The molecule has 0 unspecified atom stereocenters. The van der Waals surface area contributed by atoms with E-state index in [1.807, 2.05) is 24.4 Å². The van der Waals surface area contributed by atoms with Crippen molar-refractivity contribution in [2.75, 3.05) is 10.2 Å². The first-order valence-corrected chi connectivity index (χ1v) is 7.04. The summed E-state index contributed by atoms with van der Waals surface area (Å²) in [4.78, 5) is 17.9. The second-order valence-electron chi connectivity index (χ2n) is 5.21. The van der Waals surface area contributed by atoms with Crippen LogP contribution in [-0.2, 0) is 4.79 Å². The van der Waals surface area contributed by atoms with Crippen LogP contribution >= 0.6 is 0 Å². The molecule has 100 valence electrons. The summed E-state index contributed by atoms with van der Waals surface area (Å²) in [6, 6.07) is 4.48. The van der Waals surface area contributed by atoms with E-state index in [0.717, 1.165) is 17.9 Å². The van der Waals surface area contributed by atoms with Crippen molar-refractivity contribution in [3.63, 3.8) is 0 Å². The molecule has 1 saturated carbocycles. The third-order valence-electron chi connectivity index (χ3n) is 3.78. The topological polar surface area (TPSA) is 45.2 Å². The number of hydrogen-bond acceptors (Lipinski definition) is 3. The minimum absolute atomic E-state index is 0.140. The third kappa shape index (κ3) is 2.78. The highest BCUT2D eigenvalue weighted by molar-refractivity contribution is 5.95. The second-order valence-corrected chi connectivity index (χ2v) is 5.21. The van der Waals surface area contributed by atoms with Crippen molar-refractivity contribution in [1.82, 2.24) is 4.98 Å². The van der Waals surface area contributed by atoms with Crippen LogP contribution in [0.3, 0.4) is 0 Å². The maximum absolute atomic E-state index is 11.8. The minimum atomic E-state index is 0.140. The highest BCUT2D eigenvalue weighted by Gasteiger charge is 2.17. The molecule has 4 heteroatoms. The average Bonchev–Trinajstić information content (AvgIpc) is 2.93. The molecule has 0 bridgehead atoms. The van der Waals surface area contributed by atoms with E-state index in [1.165, 1.54) is 25.7 Å². The van der Waals surface area contributed by atoms with E-state index in [4.69, 9.17) is 0 Å². The number of amides is 1. The highest BCUT2D eigenvalue weighted by atomic mass is 16.2. The van der Waals surface area contributed by atoms with Crippen molar-refractivity contribution in [3.05, 3.63) is 30.6 Å². The lowest BCUT2D eigenvalue weighted by atomic mass is 10.2. The largest absolute Gasteiger partial charge is 0.367 e. The monoisotopic (exact) mass is 257 g/mol. The van der Waals surface area contributed by atoms with E-state index in [2.05, 4.69) is 10.3 Å². The molecule has 4 nitrogen and oxygen atoms in total. The van der Waals surface area contributed by atoms with E-state index < -0.39 is 0 Å². The van der Waals surface area contributed by atoms with Gasteiger partial charge in [0.05, 0.1) is 11.9 Å². The number of rotatable bonds is 3. The number of allylic oxidation sites excluding steroid dienone is 1. The standard InChI is InChI=1S/C15H19N3O/c19-15-7-3-4-10-18(15)13-8-9-14(16-11-13)17-12-5-1-2-6-12/h4,8-12H,1-3,5-7H2,(H,16,17). The zero-order valence-electron chi connectivity index (χ0n) is 11.0. The number of pyridine rings is 1. The molecule has 1 aliphatic carbocycles. The fourth-order valence-electron chi connectivity index (χ4n) is 2.71. The van der Waals surface area contributed by atoms with Gasteiger partial charge in [0.25, 0.3) is 0 Å². The van der Waals surface area contributed by atoms with Crippen LogP contribution in [0.2, 0.25) is 0 Å². The van der Waals surface area contributed by atoms with E-state index >= 15 is 0 Å². The average molecular weight is 257 g/mol. The number of anilines is 2. The van der Waals surface area contributed by atoms with Crippen LogP contribution in [-0.4, -0.2) is 16.9 Å². The summed E-state index contributed by atoms with van der Waals surface area (Å²) in [5.74, 6) is 1.05. The summed E-state index contributed by atoms with van der Waals surface area (Å²) in [6.07, 6.45) is 12.1. The second kappa shape index (κ2) is 5.43. The van der Waals surface area contributed by atoms with Crippen LogP contribution < -0.4 is 10.2 Å². The Morgan fingerprint density at radius 1 is 1.26 bits per heavy atom. The molecule has 1 fully saturated rings. The molecule has 1 aromatic heterocycles. The third-order valence-corrected chi connectivity index (χ3v) is 3.78. The molecule has 1 aliphatic heterocycles. The molecule has 1 aromatic rings. The molecule has 0 saturated heterocycles. The van der Waals surface area contributed by atoms with Gasteiger partial charge in [0.15, 0.2) is 0 Å². The number of aromatic nitrogens is 1. The van der Waals surface area contributed by atoms with Crippen molar-refractivity contribution >= 4 is 17.4 Å². The van der Waals surface area contributed by atoms with Crippen LogP contribution in [0.15, 0.2) is 30.6 Å². The molecule has 2 heterocycles. The maximum Gasteiger partial charge on any atom is 0.231 e. The first-order valence-electron chi connectivity index (χ1n) is 7.04. The Hall–Kier alpha value is -1.84. The van der Waals surface area contributed by atoms with E-state index in [9.17, 15) is 4.79 Å². The van der Waals surface area contributed by atoms with E-state index in [0.29, 0.717) is 12.5 Å². The lowest BCUT2D eigenvalue weighted by Gasteiger charge is -2.21. The van der Waals surface area contributed by atoms with Gasteiger partial charge in [-0.05, 0) is 31.4 Å². The summed E-state index contributed by atoms with van der Waals surface area (Å²) in [5.41, 5.74) is 0.845. The number of nitrogens with zero attached hydrogens (tertiary/aromatic N) is 2. The summed E-state index contributed by atoms with van der Waals surface area (Å²) in [6.45, 7) is 0. The SMILES string of the molecule is O=C1CCC=CN1c1ccc(NC2CCCC2)nc1. The van der Waals surface area contributed by atoms with Crippen molar-refractivity contribution in [3.8, 4) is 0 Å². The van der Waals surface area contributed by atoms with Gasteiger partial charge in [-0.15, -0.1) is 0 Å². The predicted octanol–water partition coefficient (Wildman–Crippen LogP) is 3.08. The Morgan fingerprint density at radius 2 is 2.11 bits per heavy atom. The summed E-state index contributed by atoms with van der Waals surface area (Å²) >= 11 is 0. The molecule has 0 spiro atoms. The minimum Gasteiger partial charge on any atom is -0.367 e. The summed E-state index contributed by atoms with van der Waals surface area (Å²) in [7, 11) is 0. The first-order chi connectivity index (χ1) is 9.33. The quantitative estimate of drug-likeness (QED) is 0.905. The zero-order chi connectivity index (χ0) is 13.1. The van der Waals surface area contributed by atoms with E-state index in [1.54, 1.807) is 11.1 Å². The van der Waals surface area contributed by atoms with Crippen LogP contribution in [0.4, 0.5) is 11.5 Å². The maximum atomic E-state index is 11.8. The van der Waals surface area contributed by atoms with E-state index in [-0.39, 0.29) is 5.91 Å². The lowest BCUT2D eigenvalue weighted by molar-refractivity contribution is -0.118. The normalized spacial score (nSPS) is 20.0. The van der Waals surface area contributed by atoms with Crippen LogP contribution in [0.1, 0.15) is 38.5 Å². The fourth-order valence-corrected chi connectivity index (χ4v) is 2.71. The zero-order valence-corrected chi connectivity index (χ0v) is 11.0. The van der Waals surface area contributed by atoms with Gasteiger partial charge in [-0.3, -0.25) is 9.69 Å². The Bertz CT molecular complexity index is 475. The van der Waals surface area contributed by atoms with Gasteiger partial charge < -0.3 is 5.32 Å². The number of carbonyl (C=O) groups excluding carboxylic acids is 1. The van der Waals surface area contributed by atoms with Crippen molar-refractivity contribution in [2.45, 2.75) is 44.6 Å². The molecule has 3 rings (SSSR count). The van der Waals surface area contributed by atoms with Gasteiger partial charge in [-0.1, -0.05) is 18.9 Å². The summed E-state index contributed by atoms with van der Waals surface area (Å²) in [5, 5.41) is 3.45. The fraction of sp³-hybridized carbons (Fsp3) is 0.467. The van der Waals surface area contributed by atoms with Crippen LogP contribution in [0.5, 0.6) is 0 Å². The van der Waals surface area contributed by atoms with Crippen molar-refractivity contribution in [2.24, 2.45) is 0 Å². The van der Waals surface area contributed by atoms with Gasteiger partial charge in [0, 0.05) is 18.7 Å². The Kier molecular flexibility index (Phi) is 3.49. The molecule has 0 radical (unpaired) electrons. The van der Waals surface area contributed by atoms with Gasteiger partial charge >= 0.3 is 0 Å². The van der Waals surface area contributed by atoms with Crippen molar-refractivity contribution in [1.29, 1.82) is 0 Å². The van der Waals surface area contributed by atoms with Gasteiger partial charge in [0.2, 0.25) is 5.91 Å². The van der Waals surface area contributed by atoms with Crippen LogP contribution in [0.25, 0.3) is 0 Å². The smallest absolute Gasteiger partial charge is 0.231 e. The number of carbonyl (C=O) groups is 1. The van der Waals surface area contributed by atoms with Crippen LogP contribution in [0, 0.1) is 0 Å². The summed E-state index contributed by atoms with van der Waals surface area (Å²) < 4.78 is 0. The van der Waals surface area contributed by atoms with Gasteiger partial charge in [-0.25, -0.2) is 4.98 Å². The molecule has 0 atom stereocenters. The lowest BCUT2D eigenvalue weighted by Crippen LogP contribution is -2.27. The molecular formula is C15H19N3O. The first kappa shape index (κ1) is 12.2. The molecule has 19 heavy (non-hydrogen) atoms. The molecule has 0 aromatic carbocycles. The predicted molar refractivity (Wildman–Crippen MR) is 76.0 cm³/mol. The number of hydrogen-bond donors (Lipinski definition) is 1. The Balaban J connectivity index is 1.69. The van der Waals surface area contributed by atoms with Gasteiger partial charge in [0.1, 0.15) is 5.82 Å². The van der Waals surface area contributed by atoms with Crippen molar-refractivity contribution < 1.29 is 4.79 Å². The molecule has 1 amide bonds.